The van der Waals surface area contributed by atoms with Gasteiger partial charge in [0.1, 0.15) is 0 Å². The quantitative estimate of drug-likeness (QED) is 0.881. The van der Waals surface area contributed by atoms with E-state index in [0.717, 1.165) is 16.3 Å². The number of carbonyl (C=O) groups is 1. The summed E-state index contributed by atoms with van der Waals surface area (Å²) in [6, 6.07) is 8.54. The van der Waals surface area contributed by atoms with Gasteiger partial charge in [-0.3, -0.25) is 4.79 Å². The van der Waals surface area contributed by atoms with E-state index in [9.17, 15) is 4.79 Å². The number of hydrogen-bond acceptors (Lipinski definition) is 3. The first-order valence-corrected chi connectivity index (χ1v) is 8.13. The monoisotopic (exact) mass is 302 g/mol. The van der Waals surface area contributed by atoms with E-state index in [4.69, 9.17) is 0 Å². The average molecular weight is 302 g/mol. The molecular weight excluding hydrogens is 280 g/mol. The number of nitrogens with zero attached hydrogens (tertiary/aromatic N) is 1. The van der Waals surface area contributed by atoms with Crippen LogP contribution >= 0.6 is 11.3 Å². The maximum Gasteiger partial charge on any atom is 0.220 e. The summed E-state index contributed by atoms with van der Waals surface area (Å²) in [5.74, 6) is 0.638. The summed E-state index contributed by atoms with van der Waals surface area (Å²) in [6.07, 6.45) is 3.13. The van der Waals surface area contributed by atoms with E-state index in [1.54, 1.807) is 11.3 Å². The van der Waals surface area contributed by atoms with E-state index in [1.165, 1.54) is 11.1 Å². The van der Waals surface area contributed by atoms with Crippen LogP contribution in [0.4, 0.5) is 0 Å². The van der Waals surface area contributed by atoms with Crippen LogP contribution in [0, 0.1) is 6.92 Å². The van der Waals surface area contributed by atoms with Crippen molar-refractivity contribution in [2.45, 2.75) is 46.1 Å². The minimum absolute atomic E-state index is 0.0917. The van der Waals surface area contributed by atoms with Crippen LogP contribution < -0.4 is 5.32 Å². The molecule has 0 aliphatic carbocycles. The van der Waals surface area contributed by atoms with Gasteiger partial charge in [0.25, 0.3) is 0 Å². The van der Waals surface area contributed by atoms with E-state index >= 15 is 0 Å². The highest BCUT2D eigenvalue weighted by Crippen LogP contribution is 2.15. The highest BCUT2D eigenvalue weighted by Gasteiger charge is 2.05. The molecule has 0 radical (unpaired) electrons. The standard InChI is InChI=1S/C17H22N2OS/c1-12(2)15-7-4-14(5-8-15)6-9-17(20)19-11-16-10-18-13(3)21-16/h4-5,7-8,10,12H,6,9,11H2,1-3H3,(H,19,20). The first-order chi connectivity index (χ1) is 10.0. The molecule has 0 spiro atoms. The third kappa shape index (κ3) is 4.97. The Hall–Kier alpha value is -1.68. The van der Waals surface area contributed by atoms with Crippen molar-refractivity contribution >= 4 is 17.2 Å². The molecule has 0 fully saturated rings. The molecule has 1 heterocycles. The van der Waals surface area contributed by atoms with Gasteiger partial charge in [0, 0.05) is 17.5 Å². The molecule has 0 aliphatic heterocycles. The van der Waals surface area contributed by atoms with Gasteiger partial charge in [-0.2, -0.15) is 0 Å². The van der Waals surface area contributed by atoms with Crippen molar-refractivity contribution in [3.8, 4) is 0 Å². The SMILES string of the molecule is Cc1ncc(CNC(=O)CCc2ccc(C(C)C)cc2)s1. The second-order valence-electron chi connectivity index (χ2n) is 5.52. The summed E-state index contributed by atoms with van der Waals surface area (Å²) < 4.78 is 0. The number of hydrogen-bond donors (Lipinski definition) is 1. The lowest BCUT2D eigenvalue weighted by Gasteiger charge is -2.07. The van der Waals surface area contributed by atoms with Crippen molar-refractivity contribution in [3.63, 3.8) is 0 Å². The van der Waals surface area contributed by atoms with Gasteiger partial charge in [-0.15, -0.1) is 11.3 Å². The van der Waals surface area contributed by atoms with Crippen molar-refractivity contribution in [2.24, 2.45) is 0 Å². The number of amides is 1. The molecule has 0 aliphatic rings. The number of thiazole rings is 1. The minimum Gasteiger partial charge on any atom is -0.351 e. The molecule has 3 nitrogen and oxygen atoms in total. The number of aryl methyl sites for hydroxylation is 2. The summed E-state index contributed by atoms with van der Waals surface area (Å²) in [6.45, 7) is 6.92. The molecule has 1 amide bonds. The number of rotatable bonds is 6. The fourth-order valence-corrected chi connectivity index (χ4v) is 2.82. The number of nitrogens with one attached hydrogen (secondary N) is 1. The molecule has 4 heteroatoms. The van der Waals surface area contributed by atoms with Crippen LogP contribution in [-0.2, 0) is 17.8 Å². The molecule has 21 heavy (non-hydrogen) atoms. The summed E-state index contributed by atoms with van der Waals surface area (Å²) in [7, 11) is 0. The molecule has 0 unspecified atom stereocenters. The number of benzene rings is 1. The van der Waals surface area contributed by atoms with Crippen molar-refractivity contribution in [1.82, 2.24) is 10.3 Å². The van der Waals surface area contributed by atoms with Gasteiger partial charge in [-0.25, -0.2) is 4.98 Å². The first-order valence-electron chi connectivity index (χ1n) is 7.31. The van der Waals surface area contributed by atoms with Gasteiger partial charge in [0.2, 0.25) is 5.91 Å². The highest BCUT2D eigenvalue weighted by atomic mass is 32.1. The summed E-state index contributed by atoms with van der Waals surface area (Å²) in [4.78, 5) is 17.1. The molecular formula is C17H22N2OS. The van der Waals surface area contributed by atoms with Crippen LogP contribution in [0.3, 0.4) is 0 Å². The zero-order valence-corrected chi connectivity index (χ0v) is 13.7. The molecule has 1 aromatic carbocycles. The largest absolute Gasteiger partial charge is 0.351 e. The fraction of sp³-hybridized carbons (Fsp3) is 0.412. The normalized spacial score (nSPS) is 10.9. The number of aromatic nitrogens is 1. The van der Waals surface area contributed by atoms with Crippen molar-refractivity contribution in [1.29, 1.82) is 0 Å². The van der Waals surface area contributed by atoms with Gasteiger partial charge in [0.15, 0.2) is 0 Å². The Labute approximate surface area is 130 Å². The lowest BCUT2D eigenvalue weighted by Crippen LogP contribution is -2.22. The third-order valence-electron chi connectivity index (χ3n) is 3.42. The summed E-state index contributed by atoms with van der Waals surface area (Å²) in [5.41, 5.74) is 2.55. The summed E-state index contributed by atoms with van der Waals surface area (Å²) in [5, 5.41) is 3.98. The second kappa shape index (κ2) is 7.36. The molecule has 0 saturated carbocycles. The zero-order chi connectivity index (χ0) is 15.2. The molecule has 1 N–H and O–H groups in total. The number of carbonyl (C=O) groups excluding carboxylic acids is 1. The Kier molecular flexibility index (Phi) is 5.51. The summed E-state index contributed by atoms with van der Waals surface area (Å²) >= 11 is 1.62. The van der Waals surface area contributed by atoms with Gasteiger partial charge in [-0.05, 0) is 30.4 Å². The van der Waals surface area contributed by atoms with Crippen LogP contribution in [0.25, 0.3) is 0 Å². The lowest BCUT2D eigenvalue weighted by atomic mass is 10.0. The van der Waals surface area contributed by atoms with E-state index < -0.39 is 0 Å². The molecule has 0 saturated heterocycles. The Bertz CT molecular complexity index is 587. The molecule has 0 bridgehead atoms. The molecule has 1 aromatic heterocycles. The smallest absolute Gasteiger partial charge is 0.220 e. The third-order valence-corrected chi connectivity index (χ3v) is 4.33. The van der Waals surface area contributed by atoms with Crippen LogP contribution in [0.1, 0.15) is 47.2 Å². The van der Waals surface area contributed by atoms with Crippen molar-refractivity contribution in [2.75, 3.05) is 0 Å². The fourth-order valence-electron chi connectivity index (χ4n) is 2.09. The van der Waals surface area contributed by atoms with Crippen LogP contribution in [0.5, 0.6) is 0 Å². The minimum atomic E-state index is 0.0917. The predicted molar refractivity (Wildman–Crippen MR) is 87.5 cm³/mol. The maximum absolute atomic E-state index is 11.8. The van der Waals surface area contributed by atoms with Crippen LogP contribution in [0.15, 0.2) is 30.5 Å². The Morgan fingerprint density at radius 3 is 2.57 bits per heavy atom. The average Bonchev–Trinajstić information content (AvgIpc) is 2.89. The van der Waals surface area contributed by atoms with E-state index in [-0.39, 0.29) is 5.91 Å². The first kappa shape index (κ1) is 15.7. The van der Waals surface area contributed by atoms with Crippen molar-refractivity contribution in [3.05, 3.63) is 51.5 Å². The topological polar surface area (TPSA) is 42.0 Å². The molecule has 2 aromatic rings. The molecule has 2 rings (SSSR count). The lowest BCUT2D eigenvalue weighted by molar-refractivity contribution is -0.121. The van der Waals surface area contributed by atoms with Gasteiger partial charge in [0.05, 0.1) is 11.6 Å². The van der Waals surface area contributed by atoms with Crippen molar-refractivity contribution < 1.29 is 4.79 Å². The Morgan fingerprint density at radius 2 is 2.00 bits per heavy atom. The molecule has 0 atom stereocenters. The zero-order valence-electron chi connectivity index (χ0n) is 12.8. The van der Waals surface area contributed by atoms with E-state index in [1.807, 2.05) is 13.1 Å². The predicted octanol–water partition coefficient (Wildman–Crippen LogP) is 3.82. The van der Waals surface area contributed by atoms with Crippen LogP contribution in [-0.4, -0.2) is 10.9 Å². The van der Waals surface area contributed by atoms with Crippen LogP contribution in [0.2, 0.25) is 0 Å². The Balaban J connectivity index is 1.75. The maximum atomic E-state index is 11.8. The van der Waals surface area contributed by atoms with Gasteiger partial charge in [-0.1, -0.05) is 38.1 Å². The second-order valence-corrected chi connectivity index (χ2v) is 6.84. The Morgan fingerprint density at radius 1 is 1.29 bits per heavy atom. The van der Waals surface area contributed by atoms with Gasteiger partial charge < -0.3 is 5.32 Å². The molecule has 112 valence electrons. The van der Waals surface area contributed by atoms with Gasteiger partial charge >= 0.3 is 0 Å². The van der Waals surface area contributed by atoms with E-state index in [0.29, 0.717) is 18.9 Å². The van der Waals surface area contributed by atoms with E-state index in [2.05, 4.69) is 48.4 Å². The highest BCUT2D eigenvalue weighted by molar-refractivity contribution is 7.11.